The van der Waals surface area contributed by atoms with Gasteiger partial charge in [0.25, 0.3) is 0 Å². The third-order valence-corrected chi connectivity index (χ3v) is 5.94. The predicted molar refractivity (Wildman–Crippen MR) is 125 cm³/mol. The number of methoxy groups -OCH3 is 1. The molecule has 9 nitrogen and oxygen atoms in total. The van der Waals surface area contributed by atoms with Crippen LogP contribution in [-0.2, 0) is 16.1 Å². The molecule has 0 bridgehead atoms. The average molecular weight is 438 g/mol. The zero-order valence-electron chi connectivity index (χ0n) is 19.0. The molecule has 1 atom stereocenters. The van der Waals surface area contributed by atoms with Crippen LogP contribution in [0.5, 0.6) is 0 Å². The lowest BCUT2D eigenvalue weighted by Gasteiger charge is -2.36. The minimum Gasteiger partial charge on any atom is -0.468 e. The van der Waals surface area contributed by atoms with Crippen molar-refractivity contribution < 1.29 is 9.53 Å². The maximum absolute atomic E-state index is 11.6. The average Bonchev–Trinajstić information content (AvgIpc) is 3.21. The number of hydrogen-bond acceptors (Lipinski definition) is 8. The SMILES string of the molecule is COC(=O)Cn1ncc2c(NC(C)CCN3CCN(c4cccc(C)c4)CC3)ncnc21. The van der Waals surface area contributed by atoms with Crippen LogP contribution in [0.3, 0.4) is 0 Å². The highest BCUT2D eigenvalue weighted by Crippen LogP contribution is 2.21. The number of fused-ring (bicyclic) bond motifs is 1. The first-order valence-corrected chi connectivity index (χ1v) is 11.1. The Morgan fingerprint density at radius 2 is 2.03 bits per heavy atom. The van der Waals surface area contributed by atoms with Gasteiger partial charge in [-0.1, -0.05) is 12.1 Å². The summed E-state index contributed by atoms with van der Waals surface area (Å²) in [4.78, 5) is 25.3. The fourth-order valence-corrected chi connectivity index (χ4v) is 4.05. The fraction of sp³-hybridized carbons (Fsp3) is 0.478. The number of aryl methyl sites for hydroxylation is 1. The molecule has 1 N–H and O–H groups in total. The van der Waals surface area contributed by atoms with Crippen molar-refractivity contribution in [3.8, 4) is 0 Å². The number of carbonyl (C=O) groups excluding carboxylic acids is 1. The van der Waals surface area contributed by atoms with Crippen LogP contribution in [0.4, 0.5) is 11.5 Å². The Balaban J connectivity index is 1.29. The van der Waals surface area contributed by atoms with Crippen LogP contribution in [-0.4, -0.2) is 76.5 Å². The number of anilines is 2. The molecule has 170 valence electrons. The van der Waals surface area contributed by atoms with Gasteiger partial charge in [-0.3, -0.25) is 9.69 Å². The third kappa shape index (κ3) is 5.16. The lowest BCUT2D eigenvalue weighted by atomic mass is 10.1. The normalized spacial score (nSPS) is 15.7. The van der Waals surface area contributed by atoms with Gasteiger partial charge in [-0.15, -0.1) is 0 Å². The first-order chi connectivity index (χ1) is 15.5. The van der Waals surface area contributed by atoms with Gasteiger partial charge in [0, 0.05) is 44.5 Å². The van der Waals surface area contributed by atoms with E-state index in [9.17, 15) is 4.79 Å². The molecule has 1 aliphatic rings. The van der Waals surface area contributed by atoms with Crippen molar-refractivity contribution in [3.63, 3.8) is 0 Å². The number of ether oxygens (including phenoxy) is 1. The number of hydrogen-bond donors (Lipinski definition) is 1. The lowest BCUT2D eigenvalue weighted by Crippen LogP contribution is -2.47. The zero-order valence-corrected chi connectivity index (χ0v) is 19.0. The van der Waals surface area contributed by atoms with E-state index in [4.69, 9.17) is 4.74 Å². The first-order valence-electron chi connectivity index (χ1n) is 11.1. The van der Waals surface area contributed by atoms with E-state index in [1.54, 1.807) is 6.20 Å². The quantitative estimate of drug-likeness (QED) is 0.537. The van der Waals surface area contributed by atoms with Crippen LogP contribution in [0.2, 0.25) is 0 Å². The van der Waals surface area contributed by atoms with Crippen molar-refractivity contribution in [1.29, 1.82) is 0 Å². The van der Waals surface area contributed by atoms with E-state index in [0.29, 0.717) is 5.65 Å². The summed E-state index contributed by atoms with van der Waals surface area (Å²) in [5.74, 6) is 0.377. The van der Waals surface area contributed by atoms with Gasteiger partial charge in [-0.2, -0.15) is 5.10 Å². The highest BCUT2D eigenvalue weighted by Gasteiger charge is 2.18. The zero-order chi connectivity index (χ0) is 22.5. The van der Waals surface area contributed by atoms with E-state index in [2.05, 4.69) is 68.3 Å². The molecule has 0 amide bonds. The van der Waals surface area contributed by atoms with Crippen molar-refractivity contribution >= 4 is 28.5 Å². The van der Waals surface area contributed by atoms with Gasteiger partial charge in [0.15, 0.2) is 5.65 Å². The summed E-state index contributed by atoms with van der Waals surface area (Å²) < 4.78 is 6.26. The molecule has 0 radical (unpaired) electrons. The highest BCUT2D eigenvalue weighted by molar-refractivity contribution is 5.87. The number of esters is 1. The highest BCUT2D eigenvalue weighted by atomic mass is 16.5. The Kier molecular flexibility index (Phi) is 6.84. The van der Waals surface area contributed by atoms with Crippen molar-refractivity contribution in [2.75, 3.05) is 50.1 Å². The minimum absolute atomic E-state index is 0.0283. The molecule has 1 fully saturated rings. The van der Waals surface area contributed by atoms with Gasteiger partial charge in [-0.05, 0) is 38.0 Å². The Bertz CT molecular complexity index is 1060. The number of nitrogens with one attached hydrogen (secondary N) is 1. The largest absolute Gasteiger partial charge is 0.468 e. The van der Waals surface area contributed by atoms with Crippen LogP contribution in [0.25, 0.3) is 11.0 Å². The smallest absolute Gasteiger partial charge is 0.327 e. The summed E-state index contributed by atoms with van der Waals surface area (Å²) in [6, 6.07) is 8.98. The van der Waals surface area contributed by atoms with Crippen LogP contribution in [0.15, 0.2) is 36.8 Å². The van der Waals surface area contributed by atoms with Crippen molar-refractivity contribution in [2.24, 2.45) is 0 Å². The van der Waals surface area contributed by atoms with Crippen LogP contribution in [0, 0.1) is 6.92 Å². The van der Waals surface area contributed by atoms with E-state index in [-0.39, 0.29) is 18.6 Å². The van der Waals surface area contributed by atoms with Gasteiger partial charge in [0.2, 0.25) is 0 Å². The van der Waals surface area contributed by atoms with E-state index < -0.39 is 0 Å². The molecular formula is C23H31N7O2. The number of piperazine rings is 1. The second-order valence-electron chi connectivity index (χ2n) is 8.34. The third-order valence-electron chi connectivity index (χ3n) is 5.94. The predicted octanol–water partition coefficient (Wildman–Crippen LogP) is 2.32. The standard InChI is InChI=1S/C23H31N7O2/c1-17-5-4-6-19(13-17)29-11-9-28(10-12-29)8-7-18(2)27-22-20-14-26-30(15-21(31)32-3)23(20)25-16-24-22/h4-6,13-14,16,18H,7-12,15H2,1-3H3,(H,24,25,27). The summed E-state index contributed by atoms with van der Waals surface area (Å²) in [7, 11) is 1.36. The number of nitrogens with zero attached hydrogens (tertiary/aromatic N) is 6. The van der Waals surface area contributed by atoms with Crippen LogP contribution < -0.4 is 10.2 Å². The Morgan fingerprint density at radius 3 is 2.78 bits per heavy atom. The van der Waals surface area contributed by atoms with Crippen molar-refractivity contribution in [3.05, 3.63) is 42.4 Å². The molecule has 2 aromatic heterocycles. The molecule has 1 unspecified atom stereocenters. The van der Waals surface area contributed by atoms with Gasteiger partial charge >= 0.3 is 5.97 Å². The molecule has 1 saturated heterocycles. The fourth-order valence-electron chi connectivity index (χ4n) is 4.05. The molecule has 0 aliphatic carbocycles. The van der Waals surface area contributed by atoms with E-state index in [0.717, 1.165) is 50.3 Å². The summed E-state index contributed by atoms with van der Waals surface area (Å²) >= 11 is 0. The van der Waals surface area contributed by atoms with E-state index in [1.807, 2.05) is 0 Å². The Hall–Kier alpha value is -3.20. The summed E-state index contributed by atoms with van der Waals surface area (Å²) in [5.41, 5.74) is 3.24. The number of carbonyl (C=O) groups is 1. The molecule has 4 rings (SSSR count). The molecule has 1 aliphatic heterocycles. The maximum atomic E-state index is 11.6. The van der Waals surface area contributed by atoms with E-state index >= 15 is 0 Å². The van der Waals surface area contributed by atoms with Gasteiger partial charge in [-0.25, -0.2) is 14.6 Å². The maximum Gasteiger partial charge on any atom is 0.327 e. The summed E-state index contributed by atoms with van der Waals surface area (Å²) in [6.45, 7) is 9.61. The molecule has 3 heterocycles. The molecule has 0 spiro atoms. The molecule has 3 aromatic rings. The van der Waals surface area contributed by atoms with Gasteiger partial charge < -0.3 is 15.0 Å². The Morgan fingerprint density at radius 1 is 1.22 bits per heavy atom. The second-order valence-corrected chi connectivity index (χ2v) is 8.34. The lowest BCUT2D eigenvalue weighted by molar-refractivity contribution is -0.141. The van der Waals surface area contributed by atoms with E-state index in [1.165, 1.54) is 29.4 Å². The first kappa shape index (κ1) is 22.0. The van der Waals surface area contributed by atoms with Gasteiger partial charge in [0.05, 0.1) is 18.7 Å². The van der Waals surface area contributed by atoms with Gasteiger partial charge in [0.1, 0.15) is 18.7 Å². The summed E-state index contributed by atoms with van der Waals surface area (Å²) in [5, 5.41) is 8.56. The number of benzene rings is 1. The molecule has 9 heteroatoms. The molecule has 32 heavy (non-hydrogen) atoms. The molecule has 0 saturated carbocycles. The second kappa shape index (κ2) is 9.95. The van der Waals surface area contributed by atoms with Crippen molar-refractivity contribution in [1.82, 2.24) is 24.6 Å². The monoisotopic (exact) mass is 437 g/mol. The van der Waals surface area contributed by atoms with Crippen LogP contribution in [0.1, 0.15) is 18.9 Å². The number of aromatic nitrogens is 4. The van der Waals surface area contributed by atoms with Crippen LogP contribution >= 0.6 is 0 Å². The summed E-state index contributed by atoms with van der Waals surface area (Å²) in [6.07, 6.45) is 4.20. The Labute approximate surface area is 188 Å². The topological polar surface area (TPSA) is 88.4 Å². The minimum atomic E-state index is -0.362. The number of rotatable bonds is 8. The molecule has 1 aromatic carbocycles. The van der Waals surface area contributed by atoms with Crippen molar-refractivity contribution in [2.45, 2.75) is 32.9 Å². The molecular weight excluding hydrogens is 406 g/mol.